The van der Waals surface area contributed by atoms with Crippen molar-refractivity contribution in [1.29, 1.82) is 0 Å². The van der Waals surface area contributed by atoms with E-state index < -0.39 is 24.7 Å². The summed E-state index contributed by atoms with van der Waals surface area (Å²) in [5, 5.41) is 0.825. The van der Waals surface area contributed by atoms with Gasteiger partial charge in [-0.1, -0.05) is 19.4 Å². The van der Waals surface area contributed by atoms with Crippen LogP contribution >= 0.6 is 0 Å². The van der Waals surface area contributed by atoms with Crippen LogP contribution in [-0.2, 0) is 16.0 Å². The Hall–Kier alpha value is -3.77. The van der Waals surface area contributed by atoms with E-state index in [0.29, 0.717) is 49.8 Å². The Labute approximate surface area is 255 Å². The van der Waals surface area contributed by atoms with E-state index in [2.05, 4.69) is 4.90 Å². The number of ether oxygens (including phenoxy) is 4. The highest BCUT2D eigenvalue weighted by molar-refractivity contribution is 5.95. The van der Waals surface area contributed by atoms with Gasteiger partial charge in [0.1, 0.15) is 17.1 Å². The minimum atomic E-state index is -4.26. The normalized spacial score (nSPS) is 16.2. The molecule has 240 valence electrons. The highest BCUT2D eigenvalue weighted by atomic mass is 19.4. The summed E-state index contributed by atoms with van der Waals surface area (Å²) in [7, 11) is 4.32. The number of fused-ring (bicyclic) bond motifs is 1. The van der Waals surface area contributed by atoms with Crippen LogP contribution in [0.3, 0.4) is 0 Å². The van der Waals surface area contributed by atoms with Gasteiger partial charge in [-0.3, -0.25) is 14.4 Å². The van der Waals surface area contributed by atoms with Gasteiger partial charge in [0.2, 0.25) is 0 Å². The maximum Gasteiger partial charge on any atom is 0.418 e. The van der Waals surface area contributed by atoms with Crippen LogP contribution in [0.15, 0.2) is 36.5 Å². The van der Waals surface area contributed by atoms with Crippen molar-refractivity contribution >= 4 is 23.0 Å². The molecule has 44 heavy (non-hydrogen) atoms. The molecule has 1 aromatic heterocycles. The third-order valence-corrected chi connectivity index (χ3v) is 8.03. The molecule has 12 heteroatoms. The number of hydrogen-bond donors (Lipinski definition) is 0. The van der Waals surface area contributed by atoms with Gasteiger partial charge >= 0.3 is 18.2 Å². The average molecular weight is 620 g/mol. The summed E-state index contributed by atoms with van der Waals surface area (Å²) in [6, 6.07) is 8.55. The molecule has 0 saturated carbocycles. The summed E-state index contributed by atoms with van der Waals surface area (Å²) in [6.07, 6.45) is -2.26. The first-order valence-electron chi connectivity index (χ1n) is 14.6. The summed E-state index contributed by atoms with van der Waals surface area (Å²) in [5.74, 6) is 0.407. The Kier molecular flexibility index (Phi) is 10.8. The first-order valence-corrected chi connectivity index (χ1v) is 14.6. The number of piperazine rings is 1. The zero-order chi connectivity index (χ0) is 32.0. The third-order valence-electron chi connectivity index (χ3n) is 8.03. The summed E-state index contributed by atoms with van der Waals surface area (Å²) in [4.78, 5) is 29.2. The molecule has 2 heterocycles. The largest absolute Gasteiger partial charge is 0.496 e. The second-order valence-electron chi connectivity index (χ2n) is 10.9. The zero-order valence-corrected chi connectivity index (χ0v) is 25.8. The number of esters is 1. The quantitative estimate of drug-likeness (QED) is 0.182. The smallest absolute Gasteiger partial charge is 0.418 e. The second kappa shape index (κ2) is 14.3. The number of benzene rings is 2. The molecule has 0 aliphatic carbocycles. The van der Waals surface area contributed by atoms with Gasteiger partial charge < -0.3 is 18.9 Å². The van der Waals surface area contributed by atoms with Crippen LogP contribution in [0.4, 0.5) is 18.0 Å². The van der Waals surface area contributed by atoms with Crippen LogP contribution in [0, 0.1) is 6.92 Å². The standard InChI is InChI=1S/C32H40F3N3O6/c1-6-7-16-44-31(40)38-12-10-23-25(27(41-3)17-21(2)29(23)38)19-37-15-14-36(13-11-32(33,34)35)20-26(37)22-8-9-24(30(39)43-5)28(18-22)42-4/h8-10,12,17-18,26H,6-7,11,13-16,19-20H2,1-5H3/t26-/m0/s1. The van der Waals surface area contributed by atoms with Crippen LogP contribution in [0.25, 0.3) is 10.9 Å². The van der Waals surface area contributed by atoms with Gasteiger partial charge in [-0.05, 0) is 48.7 Å². The van der Waals surface area contributed by atoms with Crippen molar-refractivity contribution in [2.24, 2.45) is 0 Å². The Morgan fingerprint density at radius 2 is 1.77 bits per heavy atom. The monoisotopic (exact) mass is 619 g/mol. The fourth-order valence-corrected chi connectivity index (χ4v) is 5.70. The van der Waals surface area contributed by atoms with Crippen LogP contribution in [0.5, 0.6) is 11.5 Å². The van der Waals surface area contributed by atoms with Gasteiger partial charge in [-0.15, -0.1) is 0 Å². The van der Waals surface area contributed by atoms with Crippen molar-refractivity contribution < 1.29 is 41.7 Å². The molecule has 2 aromatic carbocycles. The van der Waals surface area contributed by atoms with Crippen molar-refractivity contribution in [3.63, 3.8) is 0 Å². The van der Waals surface area contributed by atoms with Gasteiger partial charge in [0.25, 0.3) is 0 Å². The minimum absolute atomic E-state index is 0.119. The molecule has 1 fully saturated rings. The van der Waals surface area contributed by atoms with Gasteiger partial charge in [0, 0.05) is 55.9 Å². The molecule has 4 rings (SSSR count). The molecule has 9 nitrogen and oxygen atoms in total. The van der Waals surface area contributed by atoms with E-state index in [9.17, 15) is 22.8 Å². The lowest BCUT2D eigenvalue weighted by atomic mass is 9.97. The molecule has 0 N–H and O–H groups in total. The molecule has 1 atom stereocenters. The highest BCUT2D eigenvalue weighted by Gasteiger charge is 2.34. The van der Waals surface area contributed by atoms with Crippen molar-refractivity contribution in [2.45, 2.75) is 51.9 Å². The fraction of sp³-hybridized carbons (Fsp3) is 0.500. The molecule has 0 amide bonds. The summed E-state index contributed by atoms with van der Waals surface area (Å²) < 4.78 is 62.5. The molecular weight excluding hydrogens is 579 g/mol. The van der Waals surface area contributed by atoms with E-state index in [0.717, 1.165) is 34.9 Å². The van der Waals surface area contributed by atoms with Crippen LogP contribution in [0.2, 0.25) is 0 Å². The molecule has 1 aliphatic heterocycles. The zero-order valence-electron chi connectivity index (χ0n) is 25.8. The van der Waals surface area contributed by atoms with E-state index in [1.54, 1.807) is 36.4 Å². The van der Waals surface area contributed by atoms with E-state index in [-0.39, 0.29) is 18.2 Å². The first kappa shape index (κ1) is 33.1. The number of methoxy groups -OCH3 is 3. The Morgan fingerprint density at radius 1 is 1.02 bits per heavy atom. The fourth-order valence-electron chi connectivity index (χ4n) is 5.70. The number of carbonyl (C=O) groups is 2. The predicted octanol–water partition coefficient (Wildman–Crippen LogP) is 6.35. The topological polar surface area (TPSA) is 82.5 Å². The number of halogens is 3. The number of aromatic nitrogens is 1. The molecule has 1 aliphatic rings. The molecule has 1 saturated heterocycles. The number of hydrogen-bond acceptors (Lipinski definition) is 8. The lowest BCUT2D eigenvalue weighted by Crippen LogP contribution is -2.48. The summed E-state index contributed by atoms with van der Waals surface area (Å²) >= 11 is 0. The Balaban J connectivity index is 1.73. The summed E-state index contributed by atoms with van der Waals surface area (Å²) in [5.41, 5.74) is 3.44. The molecular formula is C32H40F3N3O6. The molecule has 0 unspecified atom stereocenters. The van der Waals surface area contributed by atoms with E-state index in [1.807, 2.05) is 26.0 Å². The third kappa shape index (κ3) is 7.47. The maximum atomic E-state index is 13.1. The maximum absolute atomic E-state index is 13.1. The number of nitrogens with zero attached hydrogens (tertiary/aromatic N) is 3. The number of carbonyl (C=O) groups excluding carboxylic acids is 2. The molecule has 3 aromatic rings. The SMILES string of the molecule is CCCCOC(=O)n1ccc2c(CN3CCN(CCC(F)(F)F)C[C@H]3c3ccc(C(=O)OC)c(OC)c3)c(OC)cc(C)c21. The van der Waals surface area contributed by atoms with Crippen LogP contribution in [-0.4, -0.2) is 86.7 Å². The lowest BCUT2D eigenvalue weighted by molar-refractivity contribution is -0.139. The first-order chi connectivity index (χ1) is 21.0. The lowest BCUT2D eigenvalue weighted by Gasteiger charge is -2.42. The van der Waals surface area contributed by atoms with Crippen LogP contribution < -0.4 is 9.47 Å². The number of aryl methyl sites for hydroxylation is 1. The van der Waals surface area contributed by atoms with Gasteiger partial charge in [-0.2, -0.15) is 13.2 Å². The van der Waals surface area contributed by atoms with Crippen molar-refractivity contribution in [3.05, 3.63) is 58.8 Å². The van der Waals surface area contributed by atoms with Gasteiger partial charge in [0.15, 0.2) is 0 Å². The highest BCUT2D eigenvalue weighted by Crippen LogP contribution is 2.37. The Morgan fingerprint density at radius 3 is 2.43 bits per heavy atom. The minimum Gasteiger partial charge on any atom is -0.496 e. The van der Waals surface area contributed by atoms with Crippen molar-refractivity contribution in [1.82, 2.24) is 14.4 Å². The summed E-state index contributed by atoms with van der Waals surface area (Å²) in [6.45, 7) is 5.78. The van der Waals surface area contributed by atoms with E-state index >= 15 is 0 Å². The molecule has 0 bridgehead atoms. The predicted molar refractivity (Wildman–Crippen MR) is 159 cm³/mol. The number of alkyl halides is 3. The van der Waals surface area contributed by atoms with Crippen molar-refractivity contribution in [3.8, 4) is 11.5 Å². The number of rotatable bonds is 11. The Bertz CT molecular complexity index is 1470. The van der Waals surface area contributed by atoms with E-state index in [1.165, 1.54) is 18.8 Å². The molecule has 0 spiro atoms. The second-order valence-corrected chi connectivity index (χ2v) is 10.9. The molecule has 0 radical (unpaired) electrons. The average Bonchev–Trinajstić information content (AvgIpc) is 3.47. The van der Waals surface area contributed by atoms with Crippen molar-refractivity contribution in [2.75, 3.05) is 54.1 Å². The van der Waals surface area contributed by atoms with Gasteiger partial charge in [-0.25, -0.2) is 9.59 Å². The van der Waals surface area contributed by atoms with E-state index in [4.69, 9.17) is 18.9 Å². The van der Waals surface area contributed by atoms with Crippen LogP contribution in [0.1, 0.15) is 59.3 Å². The number of unbranched alkanes of at least 4 members (excludes halogenated alkanes) is 1. The van der Waals surface area contributed by atoms with Gasteiger partial charge in [0.05, 0.1) is 39.9 Å².